The molecule has 2 aliphatic rings. The van der Waals surface area contributed by atoms with Crippen LogP contribution < -0.4 is 4.74 Å². The number of carbonyl (C=O) groups is 1. The molecule has 6 rings (SSSR count). The van der Waals surface area contributed by atoms with Gasteiger partial charge in [-0.3, -0.25) is 14.7 Å². The molecule has 0 radical (unpaired) electrons. The predicted octanol–water partition coefficient (Wildman–Crippen LogP) is 5.61. The van der Waals surface area contributed by atoms with Crippen LogP contribution in [0.5, 0.6) is 11.5 Å². The van der Waals surface area contributed by atoms with E-state index < -0.39 is 17.6 Å². The number of amides is 1. The standard InChI is InChI=1S/C33H33F4N7O2/c1-3-42-6-8-43(9-7-42)18-22-5-4-21(10-27(22)33(35,36)37)11-29(45)44-17-20(2)30-23(19-44)12-25(15-39-30)46-31-26-13-24(14-38)41-32(26)40-16-28(31)34/h4-5,10,12-13,15-16,20H,3,6-9,11,17-19H2,1-2H3,(H,40,41). The van der Waals surface area contributed by atoms with Crippen molar-refractivity contribution in [3.05, 3.63) is 82.2 Å². The quantitative estimate of drug-likeness (QED) is 0.264. The summed E-state index contributed by atoms with van der Waals surface area (Å²) in [5.74, 6) is -1.06. The second kappa shape index (κ2) is 12.7. The number of ether oxygens (including phenoxy) is 1. The average molecular weight is 636 g/mol. The monoisotopic (exact) mass is 635 g/mol. The molecule has 1 saturated heterocycles. The SMILES string of the molecule is CCN1CCN(Cc2ccc(CC(=O)N3Cc4cc(Oc5c(F)cnc6[nH]c(C#N)cc56)cnc4C(C)C3)cc2C(F)(F)F)CC1. The van der Waals surface area contributed by atoms with E-state index in [4.69, 9.17) is 4.74 Å². The minimum absolute atomic E-state index is 0.117. The maximum atomic E-state index is 14.7. The number of likely N-dealkylation sites (N-methyl/N-ethyl adjacent to an activating group) is 1. The average Bonchev–Trinajstić information content (AvgIpc) is 3.47. The molecular weight excluding hydrogens is 602 g/mol. The number of nitrogens with one attached hydrogen (secondary N) is 1. The molecule has 4 aromatic rings. The van der Waals surface area contributed by atoms with Crippen LogP contribution in [-0.2, 0) is 30.5 Å². The van der Waals surface area contributed by atoms with Gasteiger partial charge in [0.2, 0.25) is 5.91 Å². The zero-order valence-electron chi connectivity index (χ0n) is 25.5. The van der Waals surface area contributed by atoms with E-state index in [2.05, 4.69) is 26.8 Å². The van der Waals surface area contributed by atoms with Gasteiger partial charge in [-0.2, -0.15) is 18.4 Å². The second-order valence-corrected chi connectivity index (χ2v) is 11.9. The van der Waals surface area contributed by atoms with Gasteiger partial charge in [-0.15, -0.1) is 0 Å². The molecule has 3 aromatic heterocycles. The highest BCUT2D eigenvalue weighted by Gasteiger charge is 2.35. The Balaban J connectivity index is 1.18. The lowest BCUT2D eigenvalue weighted by Crippen LogP contribution is -2.45. The first-order valence-corrected chi connectivity index (χ1v) is 15.2. The molecule has 1 amide bonds. The molecule has 1 atom stereocenters. The highest BCUT2D eigenvalue weighted by Crippen LogP contribution is 2.36. The number of piperazine rings is 1. The molecule has 240 valence electrons. The van der Waals surface area contributed by atoms with Crippen molar-refractivity contribution < 1.29 is 27.1 Å². The minimum Gasteiger partial charge on any atom is -0.452 e. The Kier molecular flexibility index (Phi) is 8.67. The molecule has 2 aliphatic heterocycles. The zero-order chi connectivity index (χ0) is 32.6. The summed E-state index contributed by atoms with van der Waals surface area (Å²) in [6.07, 6.45) is -2.26. The van der Waals surface area contributed by atoms with Crippen LogP contribution in [0.15, 0.2) is 42.7 Å². The number of aromatic nitrogens is 3. The summed E-state index contributed by atoms with van der Waals surface area (Å²) in [6.45, 7) is 8.70. The largest absolute Gasteiger partial charge is 0.452 e. The number of H-pyrrole nitrogens is 1. The first-order chi connectivity index (χ1) is 22.0. The Hall–Kier alpha value is -4.54. The number of hydrogen-bond donors (Lipinski definition) is 1. The van der Waals surface area contributed by atoms with E-state index in [9.17, 15) is 27.6 Å². The van der Waals surface area contributed by atoms with Crippen molar-refractivity contribution in [2.75, 3.05) is 39.3 Å². The normalized spacial score (nSPS) is 17.6. The third kappa shape index (κ3) is 6.54. The van der Waals surface area contributed by atoms with Crippen LogP contribution in [0.2, 0.25) is 0 Å². The van der Waals surface area contributed by atoms with Crippen molar-refractivity contribution in [3.63, 3.8) is 0 Å². The number of nitrogens with zero attached hydrogens (tertiary/aromatic N) is 6. The lowest BCUT2D eigenvalue weighted by atomic mass is 9.95. The van der Waals surface area contributed by atoms with Crippen LogP contribution in [0.4, 0.5) is 17.6 Å². The summed E-state index contributed by atoms with van der Waals surface area (Å²) in [4.78, 5) is 30.6. The van der Waals surface area contributed by atoms with Gasteiger partial charge in [-0.1, -0.05) is 26.0 Å². The fourth-order valence-corrected chi connectivity index (χ4v) is 6.24. The molecule has 0 saturated carbocycles. The van der Waals surface area contributed by atoms with Gasteiger partial charge < -0.3 is 19.5 Å². The molecule has 1 fully saturated rings. The van der Waals surface area contributed by atoms with Crippen molar-refractivity contribution in [2.24, 2.45) is 0 Å². The van der Waals surface area contributed by atoms with E-state index in [0.717, 1.165) is 37.6 Å². The van der Waals surface area contributed by atoms with Gasteiger partial charge in [-0.05, 0) is 41.4 Å². The van der Waals surface area contributed by atoms with E-state index in [0.29, 0.717) is 41.8 Å². The lowest BCUT2D eigenvalue weighted by molar-refractivity contribution is -0.138. The second-order valence-electron chi connectivity index (χ2n) is 11.9. The number of carbonyl (C=O) groups excluding carboxylic acids is 1. The van der Waals surface area contributed by atoms with E-state index in [1.807, 2.05) is 17.9 Å². The molecule has 0 bridgehead atoms. The summed E-state index contributed by atoms with van der Waals surface area (Å²) in [7, 11) is 0. The molecule has 1 unspecified atom stereocenters. The highest BCUT2D eigenvalue weighted by atomic mass is 19.4. The maximum absolute atomic E-state index is 14.7. The van der Waals surface area contributed by atoms with Crippen LogP contribution in [-0.4, -0.2) is 74.8 Å². The highest BCUT2D eigenvalue weighted by molar-refractivity contribution is 5.84. The molecule has 13 heteroatoms. The number of hydrogen-bond acceptors (Lipinski definition) is 7. The fourth-order valence-electron chi connectivity index (χ4n) is 6.24. The number of alkyl halides is 3. The van der Waals surface area contributed by atoms with Gasteiger partial charge in [0, 0.05) is 51.7 Å². The van der Waals surface area contributed by atoms with Gasteiger partial charge in [0.05, 0.1) is 35.5 Å². The number of nitriles is 1. The molecule has 46 heavy (non-hydrogen) atoms. The Morgan fingerprint density at radius 3 is 2.59 bits per heavy atom. The summed E-state index contributed by atoms with van der Waals surface area (Å²) in [5, 5.41) is 9.50. The van der Waals surface area contributed by atoms with Gasteiger partial charge in [0.1, 0.15) is 23.2 Å². The molecule has 1 aromatic carbocycles. The lowest BCUT2D eigenvalue weighted by Gasteiger charge is -2.34. The molecule has 1 N–H and O–H groups in total. The molecule has 9 nitrogen and oxygen atoms in total. The number of aromatic amines is 1. The van der Waals surface area contributed by atoms with Gasteiger partial charge in [0.15, 0.2) is 11.6 Å². The fraction of sp³-hybridized carbons (Fsp3) is 0.394. The zero-order valence-corrected chi connectivity index (χ0v) is 25.5. The Morgan fingerprint density at radius 1 is 1.11 bits per heavy atom. The minimum atomic E-state index is -4.54. The van der Waals surface area contributed by atoms with E-state index in [1.165, 1.54) is 18.3 Å². The Morgan fingerprint density at radius 2 is 1.87 bits per heavy atom. The first kappa shape index (κ1) is 31.4. The summed E-state index contributed by atoms with van der Waals surface area (Å²) < 4.78 is 63.1. The number of benzene rings is 1. The van der Waals surface area contributed by atoms with Gasteiger partial charge in [0.25, 0.3) is 0 Å². The van der Waals surface area contributed by atoms with Crippen molar-refractivity contribution in [2.45, 2.75) is 45.5 Å². The topological polar surface area (TPSA) is 101 Å². The summed E-state index contributed by atoms with van der Waals surface area (Å²) >= 11 is 0. The number of rotatable bonds is 7. The van der Waals surface area contributed by atoms with Gasteiger partial charge in [-0.25, -0.2) is 9.37 Å². The maximum Gasteiger partial charge on any atom is 0.416 e. The van der Waals surface area contributed by atoms with Crippen LogP contribution in [0, 0.1) is 17.1 Å². The summed E-state index contributed by atoms with van der Waals surface area (Å²) in [6, 6.07) is 9.30. The van der Waals surface area contributed by atoms with Crippen LogP contribution in [0.25, 0.3) is 11.0 Å². The molecule has 5 heterocycles. The van der Waals surface area contributed by atoms with Crippen molar-refractivity contribution in [3.8, 4) is 17.6 Å². The van der Waals surface area contributed by atoms with E-state index in [-0.39, 0.29) is 54.1 Å². The van der Waals surface area contributed by atoms with Crippen molar-refractivity contribution in [1.82, 2.24) is 29.7 Å². The van der Waals surface area contributed by atoms with Crippen LogP contribution in [0.3, 0.4) is 0 Å². The third-order valence-electron chi connectivity index (χ3n) is 8.70. The predicted molar refractivity (Wildman–Crippen MR) is 161 cm³/mol. The van der Waals surface area contributed by atoms with E-state index in [1.54, 1.807) is 17.0 Å². The third-order valence-corrected chi connectivity index (χ3v) is 8.70. The molecule has 0 spiro atoms. The molecule has 0 aliphatic carbocycles. The Labute approximate surface area is 263 Å². The van der Waals surface area contributed by atoms with E-state index >= 15 is 0 Å². The number of pyridine rings is 2. The molecular formula is C33H33F4N7O2. The summed E-state index contributed by atoms with van der Waals surface area (Å²) in [5.41, 5.74) is 1.74. The van der Waals surface area contributed by atoms with Crippen molar-refractivity contribution in [1.29, 1.82) is 5.26 Å². The van der Waals surface area contributed by atoms with Crippen molar-refractivity contribution >= 4 is 16.9 Å². The smallest absolute Gasteiger partial charge is 0.416 e. The number of halogens is 4. The Bertz CT molecular complexity index is 1810. The first-order valence-electron chi connectivity index (χ1n) is 15.2. The number of fused-ring (bicyclic) bond motifs is 2. The van der Waals surface area contributed by atoms with Gasteiger partial charge >= 0.3 is 6.18 Å². The van der Waals surface area contributed by atoms with Crippen LogP contribution >= 0.6 is 0 Å². The van der Waals surface area contributed by atoms with Crippen LogP contribution in [0.1, 0.15) is 53.4 Å².